The van der Waals surface area contributed by atoms with E-state index in [4.69, 9.17) is 0 Å². The first-order chi connectivity index (χ1) is 15.1. The second-order valence-electron chi connectivity index (χ2n) is 7.73. The normalized spacial score (nSPS) is 16.1. The van der Waals surface area contributed by atoms with Crippen molar-refractivity contribution in [3.63, 3.8) is 0 Å². The van der Waals surface area contributed by atoms with E-state index in [-0.39, 0.29) is 11.4 Å². The van der Waals surface area contributed by atoms with Gasteiger partial charge in [-0.25, -0.2) is 0 Å². The standard InChI is InChI=1S/C26H24N2O3/c1-18-11-13-20(14-12-18)23-22(24(29)21-10-5-15-27-17-21)25(30)26(31)28(23)16-6-9-19-7-3-2-4-8-19/h2-5,7-8,10-15,17,23,30H,6,9,16H2,1H3. The smallest absolute Gasteiger partial charge is 0.290 e. The summed E-state index contributed by atoms with van der Waals surface area (Å²) in [6, 6.07) is 20.5. The van der Waals surface area contributed by atoms with Crippen LogP contribution in [0.25, 0.3) is 0 Å². The molecule has 2 heterocycles. The monoisotopic (exact) mass is 412 g/mol. The number of aryl methyl sites for hydroxylation is 2. The minimum atomic E-state index is -0.628. The van der Waals surface area contributed by atoms with Gasteiger partial charge in [0.25, 0.3) is 5.91 Å². The van der Waals surface area contributed by atoms with E-state index in [0.29, 0.717) is 12.1 Å². The Labute approximate surface area is 181 Å². The SMILES string of the molecule is Cc1ccc(C2C(C(=O)c3cccnc3)=C(O)C(=O)N2CCCc2ccccc2)cc1. The van der Waals surface area contributed by atoms with E-state index in [1.165, 1.54) is 11.8 Å². The second-order valence-corrected chi connectivity index (χ2v) is 7.73. The quantitative estimate of drug-likeness (QED) is 0.576. The Bertz CT molecular complexity index is 1110. The fraction of sp³-hybridized carbons (Fsp3) is 0.192. The van der Waals surface area contributed by atoms with Crippen LogP contribution in [0, 0.1) is 6.92 Å². The number of aliphatic hydroxyl groups is 1. The largest absolute Gasteiger partial charge is 0.503 e. The van der Waals surface area contributed by atoms with Crippen molar-refractivity contribution < 1.29 is 14.7 Å². The molecule has 0 bridgehead atoms. The van der Waals surface area contributed by atoms with Gasteiger partial charge in [0.05, 0.1) is 11.6 Å². The number of aliphatic hydroxyl groups excluding tert-OH is 1. The predicted octanol–water partition coefficient (Wildman–Crippen LogP) is 4.60. The molecule has 0 fully saturated rings. The lowest BCUT2D eigenvalue weighted by atomic mass is 9.93. The summed E-state index contributed by atoms with van der Waals surface area (Å²) in [6.07, 6.45) is 4.56. The van der Waals surface area contributed by atoms with Crippen LogP contribution in [0.15, 0.2) is 90.5 Å². The number of carbonyl (C=O) groups is 2. The lowest BCUT2D eigenvalue weighted by Gasteiger charge is -2.27. The number of carbonyl (C=O) groups excluding carboxylic acids is 2. The first-order valence-electron chi connectivity index (χ1n) is 10.4. The fourth-order valence-electron chi connectivity index (χ4n) is 3.96. The van der Waals surface area contributed by atoms with Crippen molar-refractivity contribution in [3.8, 4) is 0 Å². The highest BCUT2D eigenvalue weighted by atomic mass is 16.3. The number of nitrogens with zero attached hydrogens (tertiary/aromatic N) is 2. The Balaban J connectivity index is 1.65. The van der Waals surface area contributed by atoms with Crippen LogP contribution in [0.1, 0.15) is 39.5 Å². The number of pyridine rings is 1. The molecule has 1 atom stereocenters. The van der Waals surface area contributed by atoms with Gasteiger partial charge in [-0.15, -0.1) is 0 Å². The van der Waals surface area contributed by atoms with E-state index in [1.807, 2.05) is 49.4 Å². The number of hydrogen-bond acceptors (Lipinski definition) is 4. The third kappa shape index (κ3) is 4.26. The molecule has 1 amide bonds. The second kappa shape index (κ2) is 8.96. The summed E-state index contributed by atoms with van der Waals surface area (Å²) in [4.78, 5) is 31.9. The van der Waals surface area contributed by atoms with Crippen LogP contribution in [0.3, 0.4) is 0 Å². The summed E-state index contributed by atoms with van der Waals surface area (Å²) < 4.78 is 0. The summed E-state index contributed by atoms with van der Waals surface area (Å²) in [7, 11) is 0. The van der Waals surface area contributed by atoms with Crippen molar-refractivity contribution >= 4 is 11.7 Å². The molecule has 5 heteroatoms. The summed E-state index contributed by atoms with van der Waals surface area (Å²) in [6.45, 7) is 2.41. The minimum absolute atomic E-state index is 0.113. The van der Waals surface area contributed by atoms with Crippen LogP contribution < -0.4 is 0 Å². The van der Waals surface area contributed by atoms with Crippen LogP contribution in [0.4, 0.5) is 0 Å². The molecule has 5 nitrogen and oxygen atoms in total. The maximum atomic E-state index is 13.3. The van der Waals surface area contributed by atoms with Crippen LogP contribution in [0.2, 0.25) is 0 Å². The Kier molecular flexibility index (Phi) is 5.94. The van der Waals surface area contributed by atoms with Crippen molar-refractivity contribution in [2.24, 2.45) is 0 Å². The maximum Gasteiger partial charge on any atom is 0.290 e. The van der Waals surface area contributed by atoms with Crippen LogP contribution in [0.5, 0.6) is 0 Å². The number of Topliss-reactive ketones (excluding diaryl/α,β-unsaturated/α-hetero) is 1. The predicted molar refractivity (Wildman–Crippen MR) is 119 cm³/mol. The highest BCUT2D eigenvalue weighted by Gasteiger charge is 2.43. The molecule has 1 unspecified atom stereocenters. The molecule has 0 aliphatic carbocycles. The van der Waals surface area contributed by atoms with Crippen LogP contribution in [-0.4, -0.2) is 33.2 Å². The molecular formula is C26H24N2O3. The van der Waals surface area contributed by atoms with Gasteiger partial charge in [0.2, 0.25) is 0 Å². The summed E-state index contributed by atoms with van der Waals surface area (Å²) >= 11 is 0. The average molecular weight is 412 g/mol. The van der Waals surface area contributed by atoms with Crippen molar-refractivity contribution in [1.82, 2.24) is 9.88 Å². The average Bonchev–Trinajstić information content (AvgIpc) is 3.05. The van der Waals surface area contributed by atoms with Gasteiger partial charge in [0.15, 0.2) is 11.5 Å². The molecule has 0 saturated heterocycles. The number of benzene rings is 2. The number of ketones is 1. The number of rotatable bonds is 7. The molecule has 2 aromatic carbocycles. The Morgan fingerprint density at radius 2 is 1.77 bits per heavy atom. The van der Waals surface area contributed by atoms with Gasteiger partial charge in [0.1, 0.15) is 0 Å². The van der Waals surface area contributed by atoms with Gasteiger partial charge in [0, 0.05) is 24.5 Å². The zero-order valence-corrected chi connectivity index (χ0v) is 17.4. The summed E-state index contributed by atoms with van der Waals surface area (Å²) in [5.41, 5.74) is 3.53. The van der Waals surface area contributed by atoms with Gasteiger partial charge < -0.3 is 10.0 Å². The van der Waals surface area contributed by atoms with Gasteiger partial charge in [-0.2, -0.15) is 0 Å². The van der Waals surface area contributed by atoms with E-state index in [9.17, 15) is 14.7 Å². The van der Waals surface area contributed by atoms with Gasteiger partial charge in [-0.1, -0.05) is 60.2 Å². The summed E-state index contributed by atoms with van der Waals surface area (Å²) in [5.74, 6) is -1.36. The number of hydrogen-bond donors (Lipinski definition) is 1. The minimum Gasteiger partial charge on any atom is -0.503 e. The van der Waals surface area contributed by atoms with E-state index in [0.717, 1.165) is 24.0 Å². The number of aromatic nitrogens is 1. The lowest BCUT2D eigenvalue weighted by molar-refractivity contribution is -0.129. The zero-order valence-electron chi connectivity index (χ0n) is 17.4. The van der Waals surface area contributed by atoms with Gasteiger partial charge in [-0.3, -0.25) is 14.6 Å². The molecule has 0 spiro atoms. The van der Waals surface area contributed by atoms with Crippen molar-refractivity contribution in [2.45, 2.75) is 25.8 Å². The topological polar surface area (TPSA) is 70.5 Å². The molecular weight excluding hydrogens is 388 g/mol. The van der Waals surface area contributed by atoms with Crippen molar-refractivity contribution in [1.29, 1.82) is 0 Å². The molecule has 156 valence electrons. The molecule has 1 aliphatic heterocycles. The third-order valence-electron chi connectivity index (χ3n) is 5.57. The Morgan fingerprint density at radius 3 is 2.45 bits per heavy atom. The molecule has 4 rings (SSSR count). The summed E-state index contributed by atoms with van der Waals surface area (Å²) in [5, 5.41) is 10.7. The lowest BCUT2D eigenvalue weighted by Crippen LogP contribution is -2.32. The molecule has 31 heavy (non-hydrogen) atoms. The first-order valence-corrected chi connectivity index (χ1v) is 10.4. The van der Waals surface area contributed by atoms with Gasteiger partial charge in [-0.05, 0) is 43.0 Å². The van der Waals surface area contributed by atoms with Crippen LogP contribution >= 0.6 is 0 Å². The fourth-order valence-corrected chi connectivity index (χ4v) is 3.96. The Morgan fingerprint density at radius 1 is 1.03 bits per heavy atom. The van der Waals surface area contributed by atoms with E-state index >= 15 is 0 Å². The van der Waals surface area contributed by atoms with Crippen LogP contribution in [-0.2, 0) is 11.2 Å². The number of amides is 1. The molecule has 0 saturated carbocycles. The van der Waals surface area contributed by atoms with Crippen molar-refractivity contribution in [3.05, 3.63) is 113 Å². The maximum absolute atomic E-state index is 13.3. The Hall–Kier alpha value is -3.73. The van der Waals surface area contributed by atoms with Gasteiger partial charge >= 0.3 is 0 Å². The first kappa shape index (κ1) is 20.5. The molecule has 1 N–H and O–H groups in total. The molecule has 1 aromatic heterocycles. The molecule has 1 aliphatic rings. The van der Waals surface area contributed by atoms with E-state index < -0.39 is 17.7 Å². The highest BCUT2D eigenvalue weighted by Crippen LogP contribution is 2.39. The van der Waals surface area contributed by atoms with E-state index in [2.05, 4.69) is 17.1 Å². The molecule has 0 radical (unpaired) electrons. The highest BCUT2D eigenvalue weighted by molar-refractivity contribution is 6.16. The zero-order chi connectivity index (χ0) is 21.8. The molecule has 3 aromatic rings. The van der Waals surface area contributed by atoms with Crippen molar-refractivity contribution in [2.75, 3.05) is 6.54 Å². The third-order valence-corrected chi connectivity index (χ3v) is 5.57. The van der Waals surface area contributed by atoms with E-state index in [1.54, 1.807) is 23.2 Å².